The quantitative estimate of drug-likeness (QED) is 0.0768. The number of methoxy groups -OCH3 is 2. The molecule has 0 unspecified atom stereocenters. The Morgan fingerprint density at radius 2 is 1.56 bits per heavy atom. The smallest absolute Gasteiger partial charge is 0.269 e. The van der Waals surface area contributed by atoms with Crippen LogP contribution in [-0.2, 0) is 39.4 Å². The third-order valence-electron chi connectivity index (χ3n) is 13.2. The Labute approximate surface area is 361 Å². The number of rotatable bonds is 12. The molecule has 5 aromatic rings. The summed E-state index contributed by atoms with van der Waals surface area (Å²) < 4.78 is 17.9. The minimum Gasteiger partial charge on any atom is -0.497 e. The molecule has 13 nitrogen and oxygen atoms in total. The van der Waals surface area contributed by atoms with Crippen LogP contribution < -0.4 is 24.9 Å². The average Bonchev–Trinajstić information content (AvgIpc) is 3.71. The lowest BCUT2D eigenvalue weighted by molar-refractivity contribution is -0.385. The second-order valence-electron chi connectivity index (χ2n) is 16.9. The fourth-order valence-corrected chi connectivity index (χ4v) is 13.9. The molecule has 1 saturated heterocycles. The number of nitrogens with zero attached hydrogens (tertiary/aromatic N) is 3. The summed E-state index contributed by atoms with van der Waals surface area (Å²) in [6.07, 6.45) is -0.286. The molecule has 1 spiro atoms. The van der Waals surface area contributed by atoms with E-state index in [1.165, 1.54) is 12.1 Å². The van der Waals surface area contributed by atoms with Gasteiger partial charge < -0.3 is 34.4 Å². The molecular formula is C48H50N4O9Si. The summed E-state index contributed by atoms with van der Waals surface area (Å²) in [5.41, 5.74) is 2.64. The van der Waals surface area contributed by atoms with Crippen LogP contribution >= 0.6 is 0 Å². The summed E-state index contributed by atoms with van der Waals surface area (Å²) in [6.45, 7) is 6.65. The van der Waals surface area contributed by atoms with Crippen LogP contribution in [-0.4, -0.2) is 73.7 Å². The van der Waals surface area contributed by atoms with Crippen LogP contribution in [0.15, 0.2) is 115 Å². The van der Waals surface area contributed by atoms with E-state index in [1.54, 1.807) is 66.5 Å². The summed E-state index contributed by atoms with van der Waals surface area (Å²) in [6, 6.07) is 33.8. The number of aliphatic hydroxyl groups excluding tert-OH is 1. The predicted molar refractivity (Wildman–Crippen MR) is 237 cm³/mol. The molecule has 8 rings (SSSR count). The number of carbonyl (C=O) groups excluding carboxylic acids is 3. The molecule has 62 heavy (non-hydrogen) atoms. The maximum absolute atomic E-state index is 15.4. The molecule has 3 aliphatic rings. The number of carbonyl (C=O) groups is 3. The van der Waals surface area contributed by atoms with Crippen LogP contribution in [0.2, 0.25) is 18.6 Å². The first-order valence-corrected chi connectivity index (χ1v) is 23.8. The number of ether oxygens (including phenoxy) is 3. The topological polar surface area (TPSA) is 161 Å². The molecule has 5 aromatic carbocycles. The second kappa shape index (κ2) is 16.8. The zero-order valence-corrected chi connectivity index (χ0v) is 36.4. The molecule has 0 radical (unpaired) electrons. The number of fused-ring (bicyclic) bond motifs is 3. The Hall–Kier alpha value is -6.35. The van der Waals surface area contributed by atoms with E-state index in [1.807, 2.05) is 67.6 Å². The second-order valence-corrected chi connectivity index (χ2v) is 21.6. The Kier molecular flexibility index (Phi) is 11.5. The molecule has 5 atom stereocenters. The van der Waals surface area contributed by atoms with Crippen LogP contribution in [0, 0.1) is 16.0 Å². The summed E-state index contributed by atoms with van der Waals surface area (Å²) in [5.74, 6) is -0.0295. The maximum atomic E-state index is 15.4. The Morgan fingerprint density at radius 3 is 2.19 bits per heavy atom. The number of aliphatic hydroxyl groups is 1. The third kappa shape index (κ3) is 7.52. The van der Waals surface area contributed by atoms with Crippen LogP contribution in [0.4, 0.5) is 17.1 Å². The van der Waals surface area contributed by atoms with Gasteiger partial charge in [0.2, 0.25) is 5.91 Å². The van der Waals surface area contributed by atoms with E-state index in [9.17, 15) is 24.8 Å². The van der Waals surface area contributed by atoms with Crippen molar-refractivity contribution in [2.45, 2.75) is 69.2 Å². The van der Waals surface area contributed by atoms with E-state index in [0.29, 0.717) is 47.0 Å². The van der Waals surface area contributed by atoms with Gasteiger partial charge in [0, 0.05) is 41.4 Å². The summed E-state index contributed by atoms with van der Waals surface area (Å²) in [5, 5.41) is 26.8. The van der Waals surface area contributed by atoms with Crippen LogP contribution in [0.1, 0.15) is 46.0 Å². The first kappa shape index (κ1) is 42.3. The normalized spacial score (nSPS) is 21.7. The highest BCUT2D eigenvalue weighted by Gasteiger charge is 2.67. The number of anilines is 2. The average molecular weight is 855 g/mol. The molecule has 3 heterocycles. The summed E-state index contributed by atoms with van der Waals surface area (Å²) in [7, 11) is 0.489. The minimum atomic E-state index is -2.68. The monoisotopic (exact) mass is 854 g/mol. The number of non-ortho nitro benzene ring substituents is 1. The van der Waals surface area contributed by atoms with Gasteiger partial charge in [-0.25, -0.2) is 0 Å². The number of benzene rings is 5. The van der Waals surface area contributed by atoms with Gasteiger partial charge in [0.25, 0.3) is 17.5 Å². The van der Waals surface area contributed by atoms with E-state index in [0.717, 1.165) is 21.9 Å². The highest BCUT2D eigenvalue weighted by Crippen LogP contribution is 2.60. The Morgan fingerprint density at radius 1 is 0.919 bits per heavy atom. The molecule has 0 bridgehead atoms. The van der Waals surface area contributed by atoms with Crippen LogP contribution in [0.5, 0.6) is 11.5 Å². The lowest BCUT2D eigenvalue weighted by Gasteiger charge is -2.39. The van der Waals surface area contributed by atoms with Crippen molar-refractivity contribution in [3.05, 3.63) is 153 Å². The molecule has 0 aliphatic carbocycles. The van der Waals surface area contributed by atoms with Gasteiger partial charge in [0.1, 0.15) is 11.5 Å². The number of nitro groups is 1. The standard InChI is InChI=1S/C48H50N4O9Si/c1-30-45(62(4,5)40-21-19-39(60-3)20-22-40)43(26-44(54)50-28-34-9-7-6-8-33(34)24-37(50)29-53)61-48(30)41-25-36(52(57)58)16-23-42(41)51(47(48)56)27-31-10-14-35(15-11-31)49-46(55)32-12-17-38(59-2)18-13-32/h6-23,25,30,37,43,45,53H,24,26-29H2,1-5H3,(H,49,55)/t30-,37-,43+,45-,48+/m0/s1. The number of nitrogens with one attached hydrogen (secondary N) is 1. The molecular weight excluding hydrogens is 805 g/mol. The van der Waals surface area contributed by atoms with Crippen LogP contribution in [0.3, 0.4) is 0 Å². The summed E-state index contributed by atoms with van der Waals surface area (Å²) >= 11 is 0. The molecule has 3 aliphatic heterocycles. The Balaban J connectivity index is 1.14. The fraction of sp³-hybridized carbons (Fsp3) is 0.312. The van der Waals surface area contributed by atoms with E-state index < -0.39 is 36.7 Å². The fourth-order valence-electron chi connectivity index (χ4n) is 9.93. The molecule has 14 heteroatoms. The zero-order valence-electron chi connectivity index (χ0n) is 35.4. The highest BCUT2D eigenvalue weighted by molar-refractivity contribution is 6.91. The van der Waals surface area contributed by atoms with E-state index in [4.69, 9.17) is 14.2 Å². The first-order chi connectivity index (χ1) is 29.8. The van der Waals surface area contributed by atoms with Crippen molar-refractivity contribution in [1.82, 2.24) is 4.90 Å². The largest absolute Gasteiger partial charge is 0.497 e. The van der Waals surface area contributed by atoms with Gasteiger partial charge in [0.05, 0.1) is 64.6 Å². The van der Waals surface area contributed by atoms with E-state index >= 15 is 4.79 Å². The van der Waals surface area contributed by atoms with Crippen molar-refractivity contribution in [3.8, 4) is 11.5 Å². The molecule has 0 aromatic heterocycles. The van der Waals surface area contributed by atoms with Gasteiger partial charge in [-0.15, -0.1) is 0 Å². The van der Waals surface area contributed by atoms with Gasteiger partial charge in [-0.05, 0) is 83.2 Å². The van der Waals surface area contributed by atoms with Crippen LogP contribution in [0.25, 0.3) is 0 Å². The van der Waals surface area contributed by atoms with Gasteiger partial charge in [-0.2, -0.15) is 0 Å². The molecule has 1 fully saturated rings. The minimum absolute atomic E-state index is 0.0523. The Bertz CT molecular complexity index is 2510. The third-order valence-corrected chi connectivity index (χ3v) is 17.6. The highest BCUT2D eigenvalue weighted by atomic mass is 28.3. The van der Waals surface area contributed by atoms with Crippen molar-refractivity contribution in [3.63, 3.8) is 0 Å². The SMILES string of the molecule is COc1ccc(C(=O)Nc2ccc(CN3C(=O)[C@]4(O[C@H](CC(=O)N5Cc6ccccc6C[C@H]5CO)[C@@H]([Si](C)(C)c5ccc(OC)cc5)[C@@H]4C)c4cc([N+](=O)[O-])ccc43)cc2)cc1. The lowest BCUT2D eigenvalue weighted by Crippen LogP contribution is -2.52. The maximum Gasteiger partial charge on any atom is 0.269 e. The summed E-state index contributed by atoms with van der Waals surface area (Å²) in [4.78, 5) is 58.2. The van der Waals surface area contributed by atoms with E-state index in [2.05, 4.69) is 18.4 Å². The first-order valence-electron chi connectivity index (χ1n) is 20.7. The van der Waals surface area contributed by atoms with Gasteiger partial charge in [-0.1, -0.05) is 73.7 Å². The zero-order chi connectivity index (χ0) is 43.9. The van der Waals surface area contributed by atoms with E-state index in [-0.39, 0.29) is 48.5 Å². The number of hydrogen-bond acceptors (Lipinski definition) is 9. The van der Waals surface area contributed by atoms with Gasteiger partial charge >= 0.3 is 0 Å². The predicted octanol–water partition coefficient (Wildman–Crippen LogP) is 6.96. The van der Waals surface area contributed by atoms with Crippen molar-refractivity contribution in [2.24, 2.45) is 5.92 Å². The molecule has 320 valence electrons. The van der Waals surface area contributed by atoms with Crippen molar-refractivity contribution < 1.29 is 38.6 Å². The number of hydrogen-bond donors (Lipinski definition) is 2. The molecule has 0 saturated carbocycles. The lowest BCUT2D eigenvalue weighted by atomic mass is 9.82. The van der Waals surface area contributed by atoms with Gasteiger partial charge in [0.15, 0.2) is 5.60 Å². The van der Waals surface area contributed by atoms with Crippen molar-refractivity contribution in [1.29, 1.82) is 0 Å². The molecule has 3 amide bonds. The number of nitro benzene ring substituents is 1. The van der Waals surface area contributed by atoms with Gasteiger partial charge in [-0.3, -0.25) is 24.5 Å². The molecule has 2 N–H and O–H groups in total. The number of amides is 3. The van der Waals surface area contributed by atoms with Crippen molar-refractivity contribution in [2.75, 3.05) is 31.0 Å². The van der Waals surface area contributed by atoms with Crippen molar-refractivity contribution >= 4 is 48.0 Å².